The van der Waals surface area contributed by atoms with Gasteiger partial charge < -0.3 is 26.0 Å². The van der Waals surface area contributed by atoms with Crippen LogP contribution in [-0.2, 0) is 33.9 Å². The molecule has 0 saturated heterocycles. The zero-order valence-corrected chi connectivity index (χ0v) is 24.2. The first-order chi connectivity index (χ1) is 20.1. The summed E-state index contributed by atoms with van der Waals surface area (Å²) in [5.41, 5.74) is 2.49. The number of fused-ring (bicyclic) bond motifs is 3. The maximum Gasteiger partial charge on any atom is 0.255 e. The molecular weight excluding hydrogens is 538 g/mol. The number of aromatic nitrogens is 3. The van der Waals surface area contributed by atoms with Crippen molar-refractivity contribution in [2.24, 2.45) is 5.92 Å². The first-order valence-corrected chi connectivity index (χ1v) is 14.0. The molecule has 2 bridgehead atoms. The number of nitrogens with zero attached hydrogens (tertiary/aromatic N) is 3. The second-order valence-corrected chi connectivity index (χ2v) is 10.7. The van der Waals surface area contributed by atoms with E-state index >= 15 is 0 Å². The van der Waals surface area contributed by atoms with E-state index in [1.54, 1.807) is 43.8 Å². The summed E-state index contributed by atoms with van der Waals surface area (Å²) in [4.78, 5) is 53.2. The molecule has 0 saturated carbocycles. The molecule has 222 valence electrons. The molecule has 4 N–H and O–H groups in total. The van der Waals surface area contributed by atoms with Gasteiger partial charge in [-0.1, -0.05) is 61.0 Å². The first-order valence-electron chi connectivity index (χ1n) is 14.0. The van der Waals surface area contributed by atoms with E-state index in [1.165, 1.54) is 0 Å². The standard InChI is InChI=1S/C30H37N7O5/c1-18(2)26-30(41)32-20(4)27(38)31-16-22-17-37(36-35-22)12-13-42-25-11-10-19(3)14-23(25)28(39)33-24(29(40)34-26)15-21-8-6-5-7-9-21/h5-11,14,17-18,20,24,26H,12-13,15-16H2,1-4H3,(H,31,38)(H,32,41)(H,33,39)(H,34,40)/t20-,24-,26+/m1/s1. The lowest BCUT2D eigenvalue weighted by Crippen LogP contribution is -2.58. The molecule has 1 aliphatic rings. The Morgan fingerprint density at radius 2 is 1.74 bits per heavy atom. The number of nitrogens with one attached hydrogen (secondary N) is 4. The number of hydrogen-bond donors (Lipinski definition) is 4. The van der Waals surface area contributed by atoms with Crippen molar-refractivity contribution in [1.29, 1.82) is 0 Å². The summed E-state index contributed by atoms with van der Waals surface area (Å²) < 4.78 is 7.54. The van der Waals surface area contributed by atoms with E-state index in [1.807, 2.05) is 43.3 Å². The SMILES string of the molecule is Cc1ccc2c(c1)C(=O)N[C@H](Cc1ccccc1)C(=O)N[C@@H](C(C)C)C(=O)N[C@H](C)C(=O)NCc1cn(nn1)CCO2. The second kappa shape index (κ2) is 13.7. The third kappa shape index (κ3) is 7.93. The van der Waals surface area contributed by atoms with Crippen LogP contribution in [0.3, 0.4) is 0 Å². The van der Waals surface area contributed by atoms with E-state index in [0.29, 0.717) is 18.0 Å². The molecule has 3 aromatic rings. The third-order valence-corrected chi connectivity index (χ3v) is 6.89. The van der Waals surface area contributed by atoms with Crippen LogP contribution in [0.4, 0.5) is 0 Å². The molecule has 2 heterocycles. The Balaban J connectivity index is 1.67. The predicted octanol–water partition coefficient (Wildman–Crippen LogP) is 1.28. The molecule has 4 rings (SSSR count). The fraction of sp³-hybridized carbons (Fsp3) is 0.400. The highest BCUT2D eigenvalue weighted by Crippen LogP contribution is 2.21. The molecule has 4 amide bonds. The number of hydrogen-bond acceptors (Lipinski definition) is 7. The Hall–Kier alpha value is -4.74. The number of benzene rings is 2. The maximum absolute atomic E-state index is 13.7. The molecule has 2 aromatic carbocycles. The lowest BCUT2D eigenvalue weighted by atomic mass is 10.00. The quantitative estimate of drug-likeness (QED) is 0.367. The molecule has 3 atom stereocenters. The number of amides is 4. The van der Waals surface area contributed by atoms with Crippen LogP contribution < -0.4 is 26.0 Å². The van der Waals surface area contributed by atoms with Crippen LogP contribution in [0.1, 0.15) is 48.0 Å². The number of rotatable bonds is 3. The summed E-state index contributed by atoms with van der Waals surface area (Å²) in [5.74, 6) is -1.89. The van der Waals surface area contributed by atoms with Gasteiger partial charge in [0.05, 0.1) is 24.8 Å². The fourth-order valence-corrected chi connectivity index (χ4v) is 4.51. The average Bonchev–Trinajstić information content (AvgIpc) is 3.42. The van der Waals surface area contributed by atoms with Gasteiger partial charge in [0.25, 0.3) is 5.91 Å². The second-order valence-electron chi connectivity index (χ2n) is 10.7. The minimum absolute atomic E-state index is 0.119. The number of aryl methyl sites for hydroxylation is 1. The molecule has 12 nitrogen and oxygen atoms in total. The maximum atomic E-state index is 13.7. The van der Waals surface area contributed by atoms with Gasteiger partial charge in [-0.2, -0.15) is 0 Å². The normalized spacial score (nSPS) is 20.8. The van der Waals surface area contributed by atoms with Crippen molar-refractivity contribution in [1.82, 2.24) is 36.3 Å². The highest BCUT2D eigenvalue weighted by molar-refractivity contribution is 6.00. The van der Waals surface area contributed by atoms with E-state index in [2.05, 4.69) is 31.6 Å². The van der Waals surface area contributed by atoms with Crippen LogP contribution >= 0.6 is 0 Å². The Kier molecular flexibility index (Phi) is 9.89. The number of carbonyl (C=O) groups excluding carboxylic acids is 4. The molecular formula is C30H37N7O5. The zero-order chi connectivity index (χ0) is 30.2. The van der Waals surface area contributed by atoms with Crippen molar-refractivity contribution in [2.75, 3.05) is 6.61 Å². The van der Waals surface area contributed by atoms with Crippen LogP contribution in [0.25, 0.3) is 0 Å². The van der Waals surface area contributed by atoms with Gasteiger partial charge in [0.2, 0.25) is 17.7 Å². The van der Waals surface area contributed by atoms with E-state index in [9.17, 15) is 19.2 Å². The van der Waals surface area contributed by atoms with Crippen LogP contribution in [-0.4, -0.2) is 63.4 Å². The summed E-state index contributed by atoms with van der Waals surface area (Å²) in [6.45, 7) is 7.67. The molecule has 12 heteroatoms. The van der Waals surface area contributed by atoms with Gasteiger partial charge in [-0.05, 0) is 37.5 Å². The van der Waals surface area contributed by atoms with Gasteiger partial charge in [0.1, 0.15) is 36.2 Å². The molecule has 0 unspecified atom stereocenters. The first kappa shape index (κ1) is 30.2. The van der Waals surface area contributed by atoms with Crippen LogP contribution in [0, 0.1) is 12.8 Å². The molecule has 0 fully saturated rings. The van der Waals surface area contributed by atoms with Crippen molar-refractivity contribution in [3.05, 3.63) is 77.1 Å². The molecule has 0 aliphatic carbocycles. The molecule has 0 spiro atoms. The van der Waals surface area contributed by atoms with Gasteiger partial charge >= 0.3 is 0 Å². The topological polar surface area (TPSA) is 156 Å². The van der Waals surface area contributed by atoms with E-state index < -0.39 is 41.8 Å². The van der Waals surface area contributed by atoms with Crippen LogP contribution in [0.5, 0.6) is 5.75 Å². The Labute approximate surface area is 244 Å². The third-order valence-electron chi connectivity index (χ3n) is 6.89. The van der Waals surface area contributed by atoms with Crippen molar-refractivity contribution in [3.8, 4) is 5.75 Å². The van der Waals surface area contributed by atoms with Gasteiger partial charge in [0, 0.05) is 6.42 Å². The zero-order valence-electron chi connectivity index (χ0n) is 24.2. The molecule has 1 aromatic heterocycles. The largest absolute Gasteiger partial charge is 0.491 e. The van der Waals surface area contributed by atoms with Gasteiger partial charge in [-0.25, -0.2) is 4.68 Å². The lowest BCUT2D eigenvalue weighted by Gasteiger charge is -2.27. The van der Waals surface area contributed by atoms with Crippen LogP contribution in [0.2, 0.25) is 0 Å². The molecule has 42 heavy (non-hydrogen) atoms. The van der Waals surface area contributed by atoms with Crippen molar-refractivity contribution < 1.29 is 23.9 Å². The highest BCUT2D eigenvalue weighted by Gasteiger charge is 2.31. The van der Waals surface area contributed by atoms with Crippen molar-refractivity contribution >= 4 is 23.6 Å². The predicted molar refractivity (Wildman–Crippen MR) is 154 cm³/mol. The van der Waals surface area contributed by atoms with Gasteiger partial charge in [0.15, 0.2) is 0 Å². The Bertz CT molecular complexity index is 1420. The Morgan fingerprint density at radius 3 is 2.48 bits per heavy atom. The summed E-state index contributed by atoms with van der Waals surface area (Å²) in [6, 6.07) is 11.7. The smallest absolute Gasteiger partial charge is 0.255 e. The van der Waals surface area contributed by atoms with E-state index in [0.717, 1.165) is 11.1 Å². The Morgan fingerprint density at radius 1 is 0.976 bits per heavy atom. The fourth-order valence-electron chi connectivity index (χ4n) is 4.51. The highest BCUT2D eigenvalue weighted by atomic mass is 16.5. The summed E-state index contributed by atoms with van der Waals surface area (Å²) in [5, 5.41) is 19.2. The lowest BCUT2D eigenvalue weighted by molar-refractivity contribution is -0.133. The summed E-state index contributed by atoms with van der Waals surface area (Å²) in [7, 11) is 0. The van der Waals surface area contributed by atoms with E-state index in [4.69, 9.17) is 4.74 Å². The molecule has 1 aliphatic heterocycles. The minimum Gasteiger partial charge on any atom is -0.491 e. The van der Waals surface area contributed by atoms with Gasteiger partial charge in [-0.3, -0.25) is 19.2 Å². The number of ether oxygens (including phenoxy) is 1. The van der Waals surface area contributed by atoms with Gasteiger partial charge in [-0.15, -0.1) is 5.10 Å². The average molecular weight is 576 g/mol. The minimum atomic E-state index is -0.998. The van der Waals surface area contributed by atoms with Crippen LogP contribution in [0.15, 0.2) is 54.7 Å². The summed E-state index contributed by atoms with van der Waals surface area (Å²) >= 11 is 0. The van der Waals surface area contributed by atoms with Crippen molar-refractivity contribution in [2.45, 2.75) is 65.3 Å². The van der Waals surface area contributed by atoms with Crippen molar-refractivity contribution in [3.63, 3.8) is 0 Å². The van der Waals surface area contributed by atoms with E-state index in [-0.39, 0.29) is 31.1 Å². The summed E-state index contributed by atoms with van der Waals surface area (Å²) in [6.07, 6.45) is 1.88. The molecule has 0 radical (unpaired) electrons. The number of carbonyl (C=O) groups is 4. The monoisotopic (exact) mass is 575 g/mol.